The highest BCUT2D eigenvalue weighted by molar-refractivity contribution is 5.62. The van der Waals surface area contributed by atoms with Crippen molar-refractivity contribution in [2.75, 3.05) is 0 Å². The Bertz CT molecular complexity index is 222. The molecule has 0 radical (unpaired) electrons. The maximum absolute atomic E-state index is 12.0. The average Bonchev–Trinajstić information content (AvgIpc) is 2.03. The van der Waals surface area contributed by atoms with E-state index in [1.807, 2.05) is 0 Å². The smallest absolute Gasteiger partial charge is 0.296 e. The van der Waals surface area contributed by atoms with E-state index in [0.29, 0.717) is 0 Å². The van der Waals surface area contributed by atoms with Gasteiger partial charge in [-0.2, -0.15) is 26.3 Å². The minimum Gasteiger partial charge on any atom is -0.296 e. The van der Waals surface area contributed by atoms with E-state index in [-0.39, 0.29) is 0 Å². The molecule has 0 atom stereocenters. The van der Waals surface area contributed by atoms with Crippen molar-refractivity contribution in [1.82, 2.24) is 0 Å². The fourth-order valence-electron chi connectivity index (χ4n) is 0.433. The Morgan fingerprint density at radius 3 is 1.50 bits per heavy atom. The third-order valence-corrected chi connectivity index (χ3v) is 1.26. The number of hydrogen-bond acceptors (Lipinski definition) is 1. The lowest BCUT2D eigenvalue weighted by molar-refractivity contribution is -0.324. The molecule has 0 saturated heterocycles. The molecule has 0 heterocycles. The van der Waals surface area contributed by atoms with Gasteiger partial charge in [0.05, 0.1) is 0 Å². The molecule has 84 valence electrons. The molecule has 0 amide bonds. The van der Waals surface area contributed by atoms with Gasteiger partial charge in [-0.1, -0.05) is 0 Å². The summed E-state index contributed by atoms with van der Waals surface area (Å²) >= 11 is 0. The number of aldehydes is 1. The topological polar surface area (TPSA) is 17.1 Å². The number of carbonyl (C=O) groups is 1. The van der Waals surface area contributed by atoms with E-state index in [9.17, 15) is 39.9 Å². The number of rotatable bonds is 4. The van der Waals surface area contributed by atoms with E-state index in [0.717, 1.165) is 0 Å². The standard InChI is InChI=1S/C5H2F8O/c6-2(7)4(10,11)5(12,13)3(8,9)1-14/h1-2H. The van der Waals surface area contributed by atoms with Crippen LogP contribution in [0.5, 0.6) is 0 Å². The van der Waals surface area contributed by atoms with Crippen LogP contribution in [0.2, 0.25) is 0 Å². The minimum atomic E-state index is -6.42. The molecule has 0 aromatic rings. The Labute approximate surface area is 71.7 Å². The van der Waals surface area contributed by atoms with E-state index < -0.39 is 30.5 Å². The first kappa shape index (κ1) is 13.1. The van der Waals surface area contributed by atoms with Gasteiger partial charge in [0, 0.05) is 0 Å². The van der Waals surface area contributed by atoms with Crippen LogP contribution in [0.15, 0.2) is 0 Å². The molecule has 1 nitrogen and oxygen atoms in total. The molecule has 0 fully saturated rings. The van der Waals surface area contributed by atoms with Crippen LogP contribution in [-0.2, 0) is 4.79 Å². The summed E-state index contributed by atoms with van der Waals surface area (Å²) in [4.78, 5) is 9.33. The van der Waals surface area contributed by atoms with Crippen LogP contribution < -0.4 is 0 Å². The lowest BCUT2D eigenvalue weighted by Gasteiger charge is -2.28. The van der Waals surface area contributed by atoms with Crippen molar-refractivity contribution in [3.05, 3.63) is 0 Å². The quantitative estimate of drug-likeness (QED) is 0.535. The van der Waals surface area contributed by atoms with Gasteiger partial charge in [0.25, 0.3) is 0 Å². The van der Waals surface area contributed by atoms with Gasteiger partial charge >= 0.3 is 24.2 Å². The Hall–Kier alpha value is -0.890. The minimum absolute atomic E-state index is 1.80. The van der Waals surface area contributed by atoms with Gasteiger partial charge in [-0.25, -0.2) is 8.78 Å². The zero-order valence-corrected chi connectivity index (χ0v) is 6.09. The second kappa shape index (κ2) is 3.35. The molecular formula is C5H2F8O. The normalized spacial score (nSPS) is 14.6. The van der Waals surface area contributed by atoms with Crippen molar-refractivity contribution in [3.8, 4) is 0 Å². The lowest BCUT2D eigenvalue weighted by atomic mass is 10.1. The van der Waals surface area contributed by atoms with Crippen LogP contribution in [-0.4, -0.2) is 30.5 Å². The molecule has 0 bridgehead atoms. The first-order valence-corrected chi connectivity index (χ1v) is 2.88. The first-order valence-electron chi connectivity index (χ1n) is 2.88. The van der Waals surface area contributed by atoms with Crippen molar-refractivity contribution in [2.45, 2.75) is 24.2 Å². The number of alkyl halides is 8. The number of halogens is 8. The maximum Gasteiger partial charge on any atom is 0.384 e. The SMILES string of the molecule is O=CC(F)(F)C(F)(F)C(F)(F)C(F)F. The van der Waals surface area contributed by atoms with E-state index in [2.05, 4.69) is 0 Å². The summed E-state index contributed by atoms with van der Waals surface area (Å²) < 4.78 is 94.1. The summed E-state index contributed by atoms with van der Waals surface area (Å²) in [7, 11) is 0. The molecule has 0 saturated carbocycles. The summed E-state index contributed by atoms with van der Waals surface area (Å²) in [5, 5.41) is 0. The Kier molecular flexibility index (Phi) is 3.14. The van der Waals surface area contributed by atoms with Gasteiger partial charge in [-0.15, -0.1) is 0 Å². The molecule has 0 rings (SSSR count). The van der Waals surface area contributed by atoms with Gasteiger partial charge in [-0.05, 0) is 0 Å². The molecule has 0 N–H and O–H groups in total. The van der Waals surface area contributed by atoms with Crippen molar-refractivity contribution < 1.29 is 39.9 Å². The van der Waals surface area contributed by atoms with Gasteiger partial charge in [0.1, 0.15) is 0 Å². The zero-order chi connectivity index (χ0) is 11.8. The van der Waals surface area contributed by atoms with E-state index in [4.69, 9.17) is 0 Å². The summed E-state index contributed by atoms with van der Waals surface area (Å²) in [5.74, 6) is -18.5. The summed E-state index contributed by atoms with van der Waals surface area (Å²) in [6, 6.07) is 0. The molecule has 9 heteroatoms. The predicted molar refractivity (Wildman–Crippen MR) is 26.9 cm³/mol. The number of hydrogen-bond donors (Lipinski definition) is 0. The van der Waals surface area contributed by atoms with Gasteiger partial charge < -0.3 is 0 Å². The summed E-state index contributed by atoms with van der Waals surface area (Å²) in [6.45, 7) is 0. The highest BCUT2D eigenvalue weighted by Crippen LogP contribution is 2.47. The van der Waals surface area contributed by atoms with Crippen molar-refractivity contribution >= 4 is 6.29 Å². The van der Waals surface area contributed by atoms with Crippen molar-refractivity contribution in [3.63, 3.8) is 0 Å². The van der Waals surface area contributed by atoms with E-state index in [1.165, 1.54) is 0 Å². The summed E-state index contributed by atoms with van der Waals surface area (Å²) in [6.07, 6.45) is -6.80. The maximum atomic E-state index is 12.0. The van der Waals surface area contributed by atoms with Gasteiger partial charge in [0.2, 0.25) is 0 Å². The second-order valence-corrected chi connectivity index (χ2v) is 2.24. The fraction of sp³-hybridized carbons (Fsp3) is 0.800. The molecular weight excluding hydrogens is 228 g/mol. The lowest BCUT2D eigenvalue weighted by Crippen LogP contribution is -2.58. The van der Waals surface area contributed by atoms with Crippen LogP contribution in [0.25, 0.3) is 0 Å². The van der Waals surface area contributed by atoms with Gasteiger partial charge in [-0.3, -0.25) is 4.79 Å². The summed E-state index contributed by atoms with van der Waals surface area (Å²) in [5.41, 5.74) is 0. The van der Waals surface area contributed by atoms with Crippen LogP contribution >= 0.6 is 0 Å². The molecule has 0 aliphatic carbocycles. The molecule has 0 aliphatic heterocycles. The average molecular weight is 230 g/mol. The molecule has 0 aliphatic rings. The van der Waals surface area contributed by atoms with Crippen molar-refractivity contribution in [2.24, 2.45) is 0 Å². The predicted octanol–water partition coefficient (Wildman–Crippen LogP) is 2.36. The van der Waals surface area contributed by atoms with E-state index in [1.54, 1.807) is 0 Å². The second-order valence-electron chi connectivity index (χ2n) is 2.24. The first-order chi connectivity index (χ1) is 6.00. The fourth-order valence-corrected chi connectivity index (χ4v) is 0.433. The van der Waals surface area contributed by atoms with Crippen LogP contribution in [0, 0.1) is 0 Å². The third-order valence-electron chi connectivity index (χ3n) is 1.26. The Balaban J connectivity index is 5.24. The molecule has 0 unspecified atom stereocenters. The third kappa shape index (κ3) is 1.67. The molecule has 0 spiro atoms. The largest absolute Gasteiger partial charge is 0.384 e. The number of carbonyl (C=O) groups excluding carboxylic acids is 1. The molecule has 0 aromatic heterocycles. The van der Waals surface area contributed by atoms with Crippen LogP contribution in [0.1, 0.15) is 0 Å². The van der Waals surface area contributed by atoms with Gasteiger partial charge in [0.15, 0.2) is 6.29 Å². The van der Waals surface area contributed by atoms with Crippen molar-refractivity contribution in [1.29, 1.82) is 0 Å². The highest BCUT2D eigenvalue weighted by Gasteiger charge is 2.75. The monoisotopic (exact) mass is 230 g/mol. The van der Waals surface area contributed by atoms with Crippen LogP contribution in [0.4, 0.5) is 35.1 Å². The van der Waals surface area contributed by atoms with Crippen LogP contribution in [0.3, 0.4) is 0 Å². The zero-order valence-electron chi connectivity index (χ0n) is 6.09. The Morgan fingerprint density at radius 1 is 0.929 bits per heavy atom. The molecule has 0 aromatic carbocycles. The van der Waals surface area contributed by atoms with E-state index >= 15 is 0 Å². The highest BCUT2D eigenvalue weighted by atomic mass is 19.4. The molecule has 14 heavy (non-hydrogen) atoms. The Morgan fingerprint density at radius 2 is 1.29 bits per heavy atom.